The highest BCUT2D eigenvalue weighted by Gasteiger charge is 2.78. The molecule has 3 amide bonds. The third-order valence-corrected chi connectivity index (χ3v) is 8.90. The van der Waals surface area contributed by atoms with Crippen LogP contribution in [0.3, 0.4) is 0 Å². The van der Waals surface area contributed by atoms with Crippen LogP contribution >= 0.6 is 0 Å². The first-order valence-electron chi connectivity index (χ1n) is 14.7. The molecule has 1 N–H and O–H groups in total. The zero-order valence-electron chi connectivity index (χ0n) is 24.1. The molecule has 0 aliphatic carbocycles. The Morgan fingerprint density at radius 3 is 2.42 bits per heavy atom. The molecule has 218 valence electrons. The lowest BCUT2D eigenvalue weighted by Crippen LogP contribution is -2.56. The number of nitrogens with zero attached hydrogens (tertiary/aromatic N) is 3. The first kappa shape index (κ1) is 30.0. The number of likely N-dealkylation sites (tertiary alicyclic amines) is 1. The number of carbonyl (C=O) groups is 3. The van der Waals surface area contributed by atoms with E-state index in [4.69, 9.17) is 4.74 Å². The number of carbonyl (C=O) groups excluding carboxylic acids is 3. The zero-order chi connectivity index (χ0) is 28.9. The van der Waals surface area contributed by atoms with Crippen LogP contribution in [0.25, 0.3) is 0 Å². The van der Waals surface area contributed by atoms with E-state index in [0.717, 1.165) is 24.8 Å². The highest BCUT2D eigenvalue weighted by molar-refractivity contribution is 5.99. The van der Waals surface area contributed by atoms with E-state index in [9.17, 15) is 19.5 Å². The molecular weight excluding hydrogens is 506 g/mol. The summed E-state index contributed by atoms with van der Waals surface area (Å²) in [6.07, 6.45) is 7.78. The standard InChI is InChI=1S/C32H45N3O5/c1-5-8-12-20-33(18-6-2)30(39)27-32-17-16-31(4,40-32)25(26(32)29(38)35(27)21-13-22-36)28(37)34(19-7-3)23-24-14-10-9-11-15-24/h6-7,9-11,14-15,25-27,36H,2-3,5,8,12-13,16-23H2,1,4H3/t25-,26-,27?,31+,32?/m0/s1. The monoisotopic (exact) mass is 551 g/mol. The molecule has 1 aromatic rings. The topological polar surface area (TPSA) is 90.4 Å². The molecule has 2 unspecified atom stereocenters. The van der Waals surface area contributed by atoms with Gasteiger partial charge in [0.2, 0.25) is 17.7 Å². The summed E-state index contributed by atoms with van der Waals surface area (Å²) in [6, 6.07) is 8.93. The van der Waals surface area contributed by atoms with Crippen molar-refractivity contribution in [1.82, 2.24) is 14.7 Å². The highest BCUT2D eigenvalue weighted by Crippen LogP contribution is 2.63. The predicted octanol–water partition coefficient (Wildman–Crippen LogP) is 3.55. The number of hydrogen-bond acceptors (Lipinski definition) is 5. The Morgan fingerprint density at radius 2 is 1.77 bits per heavy atom. The predicted molar refractivity (Wildman–Crippen MR) is 154 cm³/mol. The van der Waals surface area contributed by atoms with Crippen LogP contribution in [0.1, 0.15) is 57.9 Å². The number of aliphatic hydroxyl groups excluding tert-OH is 1. The van der Waals surface area contributed by atoms with E-state index in [1.807, 2.05) is 37.3 Å². The number of hydrogen-bond donors (Lipinski definition) is 1. The molecule has 8 nitrogen and oxygen atoms in total. The molecule has 5 atom stereocenters. The van der Waals surface area contributed by atoms with E-state index < -0.39 is 29.1 Å². The average molecular weight is 552 g/mol. The van der Waals surface area contributed by atoms with Crippen LogP contribution in [-0.2, 0) is 25.7 Å². The third-order valence-electron chi connectivity index (χ3n) is 8.90. The van der Waals surface area contributed by atoms with Crippen molar-refractivity contribution in [1.29, 1.82) is 0 Å². The van der Waals surface area contributed by atoms with Crippen molar-refractivity contribution in [3.63, 3.8) is 0 Å². The van der Waals surface area contributed by atoms with E-state index >= 15 is 0 Å². The number of benzene rings is 1. The van der Waals surface area contributed by atoms with E-state index in [-0.39, 0.29) is 30.9 Å². The fourth-order valence-electron chi connectivity index (χ4n) is 7.12. The molecular formula is C32H45N3O5. The van der Waals surface area contributed by atoms with Crippen molar-refractivity contribution < 1.29 is 24.2 Å². The van der Waals surface area contributed by atoms with E-state index in [1.54, 1.807) is 26.9 Å². The second-order valence-corrected chi connectivity index (χ2v) is 11.6. The van der Waals surface area contributed by atoms with Crippen molar-refractivity contribution in [3.8, 4) is 0 Å². The highest BCUT2D eigenvalue weighted by atomic mass is 16.5. The first-order valence-corrected chi connectivity index (χ1v) is 14.7. The van der Waals surface area contributed by atoms with Crippen LogP contribution < -0.4 is 0 Å². The Morgan fingerprint density at radius 1 is 1.07 bits per heavy atom. The summed E-state index contributed by atoms with van der Waals surface area (Å²) in [5.74, 6) is -1.99. The van der Waals surface area contributed by atoms with Gasteiger partial charge in [-0.1, -0.05) is 62.2 Å². The average Bonchev–Trinajstić information content (AvgIpc) is 3.51. The summed E-state index contributed by atoms with van der Waals surface area (Å²) in [7, 11) is 0. The van der Waals surface area contributed by atoms with Crippen molar-refractivity contribution in [2.45, 2.75) is 76.2 Å². The number of aliphatic hydroxyl groups is 1. The summed E-state index contributed by atoms with van der Waals surface area (Å²) in [5, 5.41) is 9.61. The van der Waals surface area contributed by atoms with Crippen molar-refractivity contribution in [3.05, 3.63) is 61.2 Å². The quantitative estimate of drug-likeness (QED) is 0.266. The Hall–Kier alpha value is -2.97. The molecule has 1 spiro atoms. The van der Waals surface area contributed by atoms with Gasteiger partial charge in [0.1, 0.15) is 11.6 Å². The van der Waals surface area contributed by atoms with Gasteiger partial charge in [0.05, 0.1) is 17.4 Å². The smallest absolute Gasteiger partial charge is 0.248 e. The van der Waals surface area contributed by atoms with Crippen molar-refractivity contribution >= 4 is 17.7 Å². The number of ether oxygens (including phenoxy) is 1. The summed E-state index contributed by atoms with van der Waals surface area (Å²) in [4.78, 5) is 47.9. The number of rotatable bonds is 15. The maximum Gasteiger partial charge on any atom is 0.248 e. The molecule has 0 radical (unpaired) electrons. The first-order chi connectivity index (χ1) is 19.3. The van der Waals surface area contributed by atoms with Gasteiger partial charge in [-0.15, -0.1) is 13.2 Å². The molecule has 4 rings (SSSR count). The summed E-state index contributed by atoms with van der Waals surface area (Å²) >= 11 is 0. The molecule has 3 saturated heterocycles. The van der Waals surface area contributed by atoms with Crippen molar-refractivity contribution in [2.24, 2.45) is 11.8 Å². The molecule has 0 aromatic heterocycles. The van der Waals surface area contributed by atoms with E-state index in [2.05, 4.69) is 20.1 Å². The molecule has 8 heteroatoms. The molecule has 3 heterocycles. The molecule has 40 heavy (non-hydrogen) atoms. The van der Waals surface area contributed by atoms with Gasteiger partial charge >= 0.3 is 0 Å². The summed E-state index contributed by atoms with van der Waals surface area (Å²) in [5.41, 5.74) is -0.931. The molecule has 3 fully saturated rings. The molecule has 3 aliphatic rings. The van der Waals surface area contributed by atoms with Crippen LogP contribution in [0.15, 0.2) is 55.6 Å². The Bertz CT molecular complexity index is 1090. The fourth-order valence-corrected chi connectivity index (χ4v) is 7.12. The van der Waals surface area contributed by atoms with Gasteiger partial charge in [0.25, 0.3) is 0 Å². The lowest BCUT2D eigenvalue weighted by atomic mass is 9.66. The van der Waals surface area contributed by atoms with Crippen molar-refractivity contribution in [2.75, 3.05) is 32.8 Å². The molecule has 0 saturated carbocycles. The van der Waals surface area contributed by atoms with Crippen LogP contribution in [0.2, 0.25) is 0 Å². The lowest BCUT2D eigenvalue weighted by molar-refractivity contribution is -0.153. The minimum Gasteiger partial charge on any atom is -0.396 e. The minimum atomic E-state index is -1.07. The Labute approximate surface area is 238 Å². The van der Waals surface area contributed by atoms with Gasteiger partial charge in [0, 0.05) is 39.3 Å². The molecule has 2 bridgehead atoms. The fraction of sp³-hybridized carbons (Fsp3) is 0.594. The largest absolute Gasteiger partial charge is 0.396 e. The van der Waals surface area contributed by atoms with Gasteiger partial charge in [-0.3, -0.25) is 14.4 Å². The van der Waals surface area contributed by atoms with Gasteiger partial charge in [-0.2, -0.15) is 0 Å². The summed E-state index contributed by atoms with van der Waals surface area (Å²) in [6.45, 7) is 13.6. The Kier molecular flexibility index (Phi) is 9.52. The Balaban J connectivity index is 1.70. The minimum absolute atomic E-state index is 0.0969. The van der Waals surface area contributed by atoms with Gasteiger partial charge in [-0.05, 0) is 38.2 Å². The number of unbranched alkanes of at least 4 members (excludes halogenated alkanes) is 2. The lowest BCUT2D eigenvalue weighted by Gasteiger charge is -2.37. The zero-order valence-corrected chi connectivity index (χ0v) is 24.1. The van der Waals surface area contributed by atoms with Crippen LogP contribution in [-0.4, -0.2) is 87.6 Å². The SMILES string of the molecule is C=CCN(CCCCC)C(=O)C1N(CCCO)C(=O)[C@@H]2[C@@H](C(=O)N(CC=C)Cc3ccccc3)[C@@]3(C)CCC12O3. The summed E-state index contributed by atoms with van der Waals surface area (Å²) < 4.78 is 6.78. The second-order valence-electron chi connectivity index (χ2n) is 11.6. The van der Waals surface area contributed by atoms with Crippen LogP contribution in [0.4, 0.5) is 0 Å². The van der Waals surface area contributed by atoms with Gasteiger partial charge in [0.15, 0.2) is 0 Å². The normalized spacial score (nSPS) is 28.4. The van der Waals surface area contributed by atoms with E-state index in [1.165, 1.54) is 0 Å². The molecule has 1 aromatic carbocycles. The van der Waals surface area contributed by atoms with Crippen LogP contribution in [0.5, 0.6) is 0 Å². The maximum absolute atomic E-state index is 14.3. The van der Waals surface area contributed by atoms with Gasteiger partial charge in [-0.25, -0.2) is 0 Å². The number of fused-ring (bicyclic) bond motifs is 1. The number of amides is 3. The third kappa shape index (κ3) is 5.36. The second kappa shape index (κ2) is 12.7. The van der Waals surface area contributed by atoms with E-state index in [0.29, 0.717) is 45.4 Å². The van der Waals surface area contributed by atoms with Gasteiger partial charge < -0.3 is 24.5 Å². The maximum atomic E-state index is 14.3. The van der Waals surface area contributed by atoms with Crippen LogP contribution in [0, 0.1) is 11.8 Å². The molecule has 3 aliphatic heterocycles.